The molecule has 0 bridgehead atoms. The van der Waals surface area contributed by atoms with Crippen molar-refractivity contribution in [1.29, 1.82) is 0 Å². The third kappa shape index (κ3) is 3.66. The van der Waals surface area contributed by atoms with Gasteiger partial charge in [0, 0.05) is 12.1 Å². The first-order chi connectivity index (χ1) is 9.78. The summed E-state index contributed by atoms with van der Waals surface area (Å²) in [5, 5.41) is 0. The monoisotopic (exact) mass is 277 g/mol. The van der Waals surface area contributed by atoms with Crippen molar-refractivity contribution < 1.29 is 9.47 Å². The van der Waals surface area contributed by atoms with Gasteiger partial charge >= 0.3 is 0 Å². The average molecular weight is 277 g/mol. The van der Waals surface area contributed by atoms with Crippen molar-refractivity contribution in [3.8, 4) is 11.5 Å². The van der Waals surface area contributed by atoms with Crippen LogP contribution in [0.1, 0.15) is 51.5 Å². The largest absolute Gasteiger partial charge is 0.490 e. The minimum absolute atomic E-state index is 0.306. The number of para-hydroxylation sites is 1. The summed E-state index contributed by atoms with van der Waals surface area (Å²) in [7, 11) is 0. The molecule has 0 aromatic heterocycles. The molecule has 2 unspecified atom stereocenters. The topological polar surface area (TPSA) is 44.5 Å². The van der Waals surface area contributed by atoms with Gasteiger partial charge in [0.1, 0.15) is 0 Å². The maximum Gasteiger partial charge on any atom is 0.166 e. The van der Waals surface area contributed by atoms with E-state index in [4.69, 9.17) is 15.2 Å². The Kier molecular flexibility index (Phi) is 5.72. The highest BCUT2D eigenvalue weighted by Crippen LogP contribution is 2.36. The van der Waals surface area contributed by atoms with Crippen LogP contribution >= 0.6 is 0 Å². The highest BCUT2D eigenvalue weighted by atomic mass is 16.5. The van der Waals surface area contributed by atoms with Crippen molar-refractivity contribution in [2.75, 3.05) is 6.61 Å². The predicted octanol–water partition coefficient (Wildman–Crippen LogP) is 3.89. The molecule has 3 heteroatoms. The first-order valence-corrected chi connectivity index (χ1v) is 7.89. The average Bonchev–Trinajstić information content (AvgIpc) is 2.49. The van der Waals surface area contributed by atoms with Crippen molar-refractivity contribution in [3.63, 3.8) is 0 Å². The van der Waals surface area contributed by atoms with Crippen LogP contribution in [0.2, 0.25) is 0 Å². The van der Waals surface area contributed by atoms with E-state index in [9.17, 15) is 0 Å². The van der Waals surface area contributed by atoms with Crippen LogP contribution in [-0.2, 0) is 6.54 Å². The fourth-order valence-corrected chi connectivity index (χ4v) is 3.01. The summed E-state index contributed by atoms with van der Waals surface area (Å²) in [4.78, 5) is 0. The van der Waals surface area contributed by atoms with Crippen molar-refractivity contribution in [2.45, 2.75) is 58.6 Å². The van der Waals surface area contributed by atoms with Crippen LogP contribution in [0.5, 0.6) is 11.5 Å². The van der Waals surface area contributed by atoms with Gasteiger partial charge in [-0.15, -0.1) is 0 Å². The Morgan fingerprint density at radius 1 is 1.25 bits per heavy atom. The lowest BCUT2D eigenvalue weighted by atomic mass is 9.85. The molecule has 0 heterocycles. The van der Waals surface area contributed by atoms with Crippen molar-refractivity contribution in [2.24, 2.45) is 11.7 Å². The van der Waals surface area contributed by atoms with E-state index in [-0.39, 0.29) is 0 Å². The van der Waals surface area contributed by atoms with Crippen molar-refractivity contribution >= 4 is 0 Å². The first kappa shape index (κ1) is 15.2. The molecule has 1 aromatic rings. The molecule has 0 saturated heterocycles. The predicted molar refractivity (Wildman–Crippen MR) is 82.2 cm³/mol. The summed E-state index contributed by atoms with van der Waals surface area (Å²) >= 11 is 0. The van der Waals surface area contributed by atoms with Crippen LogP contribution < -0.4 is 15.2 Å². The summed E-state index contributed by atoms with van der Waals surface area (Å²) in [5.74, 6) is 2.49. The molecule has 1 aromatic carbocycles. The second kappa shape index (κ2) is 7.53. The van der Waals surface area contributed by atoms with E-state index in [2.05, 4.69) is 6.92 Å². The number of hydrogen-bond donors (Lipinski definition) is 1. The van der Waals surface area contributed by atoms with Gasteiger partial charge in [0.05, 0.1) is 12.7 Å². The molecule has 1 saturated carbocycles. The normalized spacial score (nSPS) is 22.6. The summed E-state index contributed by atoms with van der Waals surface area (Å²) in [6, 6.07) is 5.98. The molecule has 0 amide bonds. The molecule has 2 N–H and O–H groups in total. The third-order valence-corrected chi connectivity index (χ3v) is 4.18. The number of hydrogen-bond acceptors (Lipinski definition) is 3. The van der Waals surface area contributed by atoms with Crippen LogP contribution in [0.3, 0.4) is 0 Å². The zero-order chi connectivity index (χ0) is 14.4. The lowest BCUT2D eigenvalue weighted by Crippen LogP contribution is -2.26. The molecule has 2 rings (SSSR count). The fraction of sp³-hybridized carbons (Fsp3) is 0.647. The molecule has 2 atom stereocenters. The van der Waals surface area contributed by atoms with E-state index in [0.29, 0.717) is 19.3 Å². The molecule has 112 valence electrons. The lowest BCUT2D eigenvalue weighted by Gasteiger charge is -2.30. The van der Waals surface area contributed by atoms with E-state index in [1.54, 1.807) is 0 Å². The molecule has 20 heavy (non-hydrogen) atoms. The summed E-state index contributed by atoms with van der Waals surface area (Å²) in [6.07, 6.45) is 6.45. The van der Waals surface area contributed by atoms with E-state index in [1.165, 1.54) is 19.3 Å². The van der Waals surface area contributed by atoms with Gasteiger partial charge in [-0.2, -0.15) is 0 Å². The zero-order valence-electron chi connectivity index (χ0n) is 12.7. The van der Waals surface area contributed by atoms with Crippen LogP contribution in [0.25, 0.3) is 0 Å². The second-order valence-electron chi connectivity index (χ2n) is 5.56. The number of rotatable bonds is 6. The van der Waals surface area contributed by atoms with Crippen LogP contribution in [0.4, 0.5) is 0 Å². The smallest absolute Gasteiger partial charge is 0.166 e. The third-order valence-electron chi connectivity index (χ3n) is 4.18. The van der Waals surface area contributed by atoms with Crippen molar-refractivity contribution in [3.05, 3.63) is 23.8 Å². The Bertz CT molecular complexity index is 419. The minimum atomic E-state index is 0.306. The maximum atomic E-state index is 6.29. The first-order valence-electron chi connectivity index (χ1n) is 7.89. The maximum absolute atomic E-state index is 6.29. The molecule has 0 spiro atoms. The summed E-state index contributed by atoms with van der Waals surface area (Å²) in [5.41, 5.74) is 6.88. The fourth-order valence-electron chi connectivity index (χ4n) is 3.01. The van der Waals surface area contributed by atoms with E-state index in [0.717, 1.165) is 35.8 Å². The molecule has 1 fully saturated rings. The van der Waals surface area contributed by atoms with E-state index < -0.39 is 0 Å². The quantitative estimate of drug-likeness (QED) is 0.858. The Labute approximate surface area is 122 Å². The second-order valence-corrected chi connectivity index (χ2v) is 5.56. The lowest BCUT2D eigenvalue weighted by molar-refractivity contribution is 0.116. The van der Waals surface area contributed by atoms with Gasteiger partial charge in [-0.1, -0.05) is 31.9 Å². The number of nitrogens with two attached hydrogens (primary N) is 1. The Balaban J connectivity index is 2.14. The van der Waals surface area contributed by atoms with E-state index >= 15 is 0 Å². The molecular weight excluding hydrogens is 250 g/mol. The number of ether oxygens (including phenoxy) is 2. The molecular formula is C17H27NO2. The zero-order valence-corrected chi connectivity index (χ0v) is 12.7. The number of benzene rings is 1. The van der Waals surface area contributed by atoms with E-state index in [1.807, 2.05) is 25.1 Å². The molecule has 0 aliphatic heterocycles. The standard InChI is InChI=1S/C17H27NO2/c1-3-13-7-5-9-15(11-13)20-17-14(12-18)8-6-10-16(17)19-4-2/h6,8,10,13,15H,3-5,7,9,11-12,18H2,1-2H3. The molecule has 1 aliphatic rings. The SMILES string of the molecule is CCOc1cccc(CN)c1OC1CCCC(CC)C1. The highest BCUT2D eigenvalue weighted by molar-refractivity contribution is 5.46. The van der Waals surface area contributed by atoms with Crippen LogP contribution in [0, 0.1) is 5.92 Å². The van der Waals surface area contributed by atoms with Gasteiger partial charge in [-0.05, 0) is 38.2 Å². The molecule has 0 radical (unpaired) electrons. The van der Waals surface area contributed by atoms with Gasteiger partial charge in [0.2, 0.25) is 0 Å². The minimum Gasteiger partial charge on any atom is -0.490 e. The van der Waals surface area contributed by atoms with Gasteiger partial charge < -0.3 is 15.2 Å². The van der Waals surface area contributed by atoms with Gasteiger partial charge in [0.15, 0.2) is 11.5 Å². The summed E-state index contributed by atoms with van der Waals surface area (Å²) in [6.45, 7) is 5.39. The molecule has 3 nitrogen and oxygen atoms in total. The van der Waals surface area contributed by atoms with Gasteiger partial charge in [0.25, 0.3) is 0 Å². The Morgan fingerprint density at radius 3 is 2.80 bits per heavy atom. The van der Waals surface area contributed by atoms with Gasteiger partial charge in [-0.3, -0.25) is 0 Å². The van der Waals surface area contributed by atoms with Crippen LogP contribution in [-0.4, -0.2) is 12.7 Å². The highest BCUT2D eigenvalue weighted by Gasteiger charge is 2.24. The van der Waals surface area contributed by atoms with Crippen molar-refractivity contribution in [1.82, 2.24) is 0 Å². The Morgan fingerprint density at radius 2 is 2.10 bits per heavy atom. The summed E-state index contributed by atoms with van der Waals surface area (Å²) < 4.78 is 12.0. The molecule has 1 aliphatic carbocycles. The van der Waals surface area contributed by atoms with Crippen LogP contribution in [0.15, 0.2) is 18.2 Å². The van der Waals surface area contributed by atoms with Gasteiger partial charge in [-0.25, -0.2) is 0 Å². The Hall–Kier alpha value is -1.22.